The van der Waals surface area contributed by atoms with Crippen molar-refractivity contribution in [3.63, 3.8) is 0 Å². The minimum Gasteiger partial charge on any atom is -0.210 e. The quantitative estimate of drug-likeness (QED) is 0.892. The van der Waals surface area contributed by atoms with Crippen LogP contribution in [-0.4, -0.2) is 15.0 Å². The average Bonchev–Trinajstić information content (AvgIpc) is 3.35. The van der Waals surface area contributed by atoms with Crippen molar-refractivity contribution < 1.29 is 8.42 Å². The molecule has 0 amide bonds. The molecule has 0 spiro atoms. The molecule has 0 radical (unpaired) electrons. The van der Waals surface area contributed by atoms with Crippen molar-refractivity contribution in [3.8, 4) is 0 Å². The summed E-state index contributed by atoms with van der Waals surface area (Å²) in [5, 5.41) is 0. The van der Waals surface area contributed by atoms with Crippen molar-refractivity contribution >= 4 is 10.0 Å². The zero-order chi connectivity index (χ0) is 17.4. The predicted molar refractivity (Wildman–Crippen MR) is 97.7 cm³/mol. The van der Waals surface area contributed by atoms with Crippen molar-refractivity contribution in [1.82, 2.24) is 4.72 Å². The lowest BCUT2D eigenvalue weighted by molar-refractivity contribution is 0.566. The summed E-state index contributed by atoms with van der Waals surface area (Å²) in [4.78, 5) is 0.333. The second kappa shape index (κ2) is 6.01. The van der Waals surface area contributed by atoms with Crippen LogP contribution in [0.1, 0.15) is 44.7 Å². The van der Waals surface area contributed by atoms with Gasteiger partial charge in [-0.2, -0.15) is 0 Å². The van der Waals surface area contributed by atoms with E-state index in [0.29, 0.717) is 11.4 Å². The van der Waals surface area contributed by atoms with E-state index >= 15 is 0 Å². The molecule has 0 bridgehead atoms. The molecule has 0 unspecified atom stereocenters. The number of hydrogen-bond acceptors (Lipinski definition) is 2. The Kier molecular flexibility index (Phi) is 4.30. The SMILES string of the molecule is CC(C)(C)c1ccc(S(=O)(=O)NCC2(c3ccccc3)CC2)cc1. The summed E-state index contributed by atoms with van der Waals surface area (Å²) in [6.07, 6.45) is 2.06. The molecule has 2 aromatic rings. The second-order valence-corrected chi connectivity index (χ2v) is 9.51. The molecule has 0 aromatic heterocycles. The topological polar surface area (TPSA) is 46.2 Å². The minimum absolute atomic E-state index is 0.0150. The van der Waals surface area contributed by atoms with Gasteiger partial charge in [0.2, 0.25) is 10.0 Å². The van der Waals surface area contributed by atoms with Crippen LogP contribution in [0.4, 0.5) is 0 Å². The van der Waals surface area contributed by atoms with Gasteiger partial charge in [-0.3, -0.25) is 0 Å². The van der Waals surface area contributed by atoms with E-state index in [1.165, 1.54) is 5.56 Å². The Balaban J connectivity index is 1.73. The van der Waals surface area contributed by atoms with Crippen LogP contribution >= 0.6 is 0 Å². The minimum atomic E-state index is -3.47. The monoisotopic (exact) mass is 343 g/mol. The van der Waals surface area contributed by atoms with E-state index in [1.54, 1.807) is 12.1 Å². The maximum atomic E-state index is 12.6. The largest absolute Gasteiger partial charge is 0.240 e. The lowest BCUT2D eigenvalue weighted by Crippen LogP contribution is -2.32. The molecule has 2 aromatic carbocycles. The summed E-state index contributed by atoms with van der Waals surface area (Å²) in [7, 11) is -3.47. The summed E-state index contributed by atoms with van der Waals surface area (Å²) in [5.41, 5.74) is 2.33. The first-order valence-electron chi connectivity index (χ1n) is 8.39. The van der Waals surface area contributed by atoms with Gasteiger partial charge in [-0.1, -0.05) is 63.2 Å². The van der Waals surface area contributed by atoms with Gasteiger partial charge in [0.15, 0.2) is 0 Å². The third kappa shape index (κ3) is 3.55. The highest BCUT2D eigenvalue weighted by atomic mass is 32.2. The van der Waals surface area contributed by atoms with Crippen LogP contribution in [-0.2, 0) is 20.9 Å². The van der Waals surface area contributed by atoms with E-state index in [0.717, 1.165) is 18.4 Å². The highest BCUT2D eigenvalue weighted by molar-refractivity contribution is 7.89. The first-order chi connectivity index (χ1) is 11.2. The molecule has 128 valence electrons. The molecule has 0 aliphatic heterocycles. The highest BCUT2D eigenvalue weighted by Gasteiger charge is 2.44. The molecule has 24 heavy (non-hydrogen) atoms. The molecule has 1 aliphatic carbocycles. The fraction of sp³-hybridized carbons (Fsp3) is 0.400. The van der Waals surface area contributed by atoms with E-state index in [2.05, 4.69) is 37.6 Å². The van der Waals surface area contributed by atoms with Crippen LogP contribution in [0.5, 0.6) is 0 Å². The van der Waals surface area contributed by atoms with E-state index < -0.39 is 10.0 Å². The van der Waals surface area contributed by atoms with Gasteiger partial charge >= 0.3 is 0 Å². The first-order valence-corrected chi connectivity index (χ1v) is 9.87. The Morgan fingerprint density at radius 1 is 0.958 bits per heavy atom. The maximum absolute atomic E-state index is 12.6. The van der Waals surface area contributed by atoms with E-state index in [4.69, 9.17) is 0 Å². The van der Waals surface area contributed by atoms with Crippen LogP contribution in [0.15, 0.2) is 59.5 Å². The van der Waals surface area contributed by atoms with E-state index in [9.17, 15) is 8.42 Å². The molecule has 1 N–H and O–H groups in total. The summed E-state index contributed by atoms with van der Waals surface area (Å²) in [5.74, 6) is 0. The van der Waals surface area contributed by atoms with Gasteiger partial charge in [-0.05, 0) is 41.5 Å². The molecule has 1 fully saturated rings. The summed E-state index contributed by atoms with van der Waals surface area (Å²) < 4.78 is 28.0. The number of nitrogens with one attached hydrogen (secondary N) is 1. The smallest absolute Gasteiger partial charge is 0.210 e. The molecule has 4 heteroatoms. The Morgan fingerprint density at radius 3 is 2.04 bits per heavy atom. The van der Waals surface area contributed by atoms with Gasteiger partial charge in [0.05, 0.1) is 4.90 Å². The van der Waals surface area contributed by atoms with Crippen LogP contribution in [0.2, 0.25) is 0 Å². The van der Waals surface area contributed by atoms with Gasteiger partial charge in [0, 0.05) is 12.0 Å². The van der Waals surface area contributed by atoms with Crippen LogP contribution in [0.25, 0.3) is 0 Å². The zero-order valence-electron chi connectivity index (χ0n) is 14.5. The van der Waals surface area contributed by atoms with Crippen LogP contribution in [0.3, 0.4) is 0 Å². The van der Waals surface area contributed by atoms with Gasteiger partial charge in [-0.25, -0.2) is 13.1 Å². The Hall–Kier alpha value is -1.65. The van der Waals surface area contributed by atoms with Crippen molar-refractivity contribution in [2.24, 2.45) is 0 Å². The summed E-state index contributed by atoms with van der Waals surface area (Å²) >= 11 is 0. The third-order valence-electron chi connectivity index (χ3n) is 4.87. The molecule has 3 rings (SSSR count). The average molecular weight is 343 g/mol. The lowest BCUT2D eigenvalue weighted by atomic mass is 9.87. The number of hydrogen-bond donors (Lipinski definition) is 1. The number of benzene rings is 2. The maximum Gasteiger partial charge on any atom is 0.240 e. The molecule has 3 nitrogen and oxygen atoms in total. The molecular formula is C20H25NO2S. The van der Waals surface area contributed by atoms with Crippen molar-refractivity contribution in [3.05, 3.63) is 65.7 Å². The van der Waals surface area contributed by atoms with E-state index in [1.807, 2.05) is 30.3 Å². The zero-order valence-corrected chi connectivity index (χ0v) is 15.4. The van der Waals surface area contributed by atoms with E-state index in [-0.39, 0.29) is 10.8 Å². The van der Waals surface area contributed by atoms with Crippen molar-refractivity contribution in [2.75, 3.05) is 6.54 Å². The molecule has 0 saturated heterocycles. The number of rotatable bonds is 5. The standard InChI is InChI=1S/C20H25NO2S/c1-19(2,3)16-9-11-18(12-10-16)24(22,23)21-15-20(13-14-20)17-7-5-4-6-8-17/h4-12,21H,13-15H2,1-3H3. The third-order valence-corrected chi connectivity index (χ3v) is 6.29. The molecule has 1 saturated carbocycles. The molecule has 0 atom stereocenters. The molecular weight excluding hydrogens is 318 g/mol. The fourth-order valence-electron chi connectivity index (χ4n) is 2.96. The fourth-order valence-corrected chi connectivity index (χ4v) is 4.09. The van der Waals surface area contributed by atoms with Gasteiger partial charge < -0.3 is 0 Å². The molecule has 0 heterocycles. The van der Waals surface area contributed by atoms with Crippen LogP contribution in [0, 0.1) is 0 Å². The Bertz CT molecular complexity index is 799. The molecule has 1 aliphatic rings. The predicted octanol–water partition coefficient (Wildman–Crippen LogP) is 3.99. The van der Waals surface area contributed by atoms with Gasteiger partial charge in [-0.15, -0.1) is 0 Å². The lowest BCUT2D eigenvalue weighted by Gasteiger charge is -2.20. The highest BCUT2D eigenvalue weighted by Crippen LogP contribution is 2.47. The first kappa shape index (κ1) is 17.2. The van der Waals surface area contributed by atoms with Crippen molar-refractivity contribution in [2.45, 2.75) is 49.3 Å². The Labute approximate surface area is 145 Å². The van der Waals surface area contributed by atoms with Crippen molar-refractivity contribution in [1.29, 1.82) is 0 Å². The normalized spacial score (nSPS) is 16.8. The van der Waals surface area contributed by atoms with Crippen LogP contribution < -0.4 is 4.72 Å². The van der Waals surface area contributed by atoms with Gasteiger partial charge in [0.25, 0.3) is 0 Å². The number of sulfonamides is 1. The second-order valence-electron chi connectivity index (χ2n) is 7.75. The summed E-state index contributed by atoms with van der Waals surface area (Å²) in [6.45, 7) is 6.81. The summed E-state index contributed by atoms with van der Waals surface area (Å²) in [6, 6.07) is 17.4. The van der Waals surface area contributed by atoms with Gasteiger partial charge in [0.1, 0.15) is 0 Å². The Morgan fingerprint density at radius 2 is 1.54 bits per heavy atom.